The normalized spacial score (nSPS) is 15.3. The van der Waals surface area contributed by atoms with Gasteiger partial charge in [-0.15, -0.1) is 0 Å². The monoisotopic (exact) mass is 576 g/mol. The molecule has 0 saturated carbocycles. The molecule has 14 heteroatoms. The van der Waals surface area contributed by atoms with Crippen molar-refractivity contribution in [3.05, 3.63) is 78.1 Å². The van der Waals surface area contributed by atoms with Crippen molar-refractivity contribution in [2.24, 2.45) is 0 Å². The molecule has 210 valence electrons. The average molecular weight is 577 g/mol. The number of hydrogen-bond acceptors (Lipinski definition) is 7. The molecule has 2 aromatic carbocycles. The Morgan fingerprint density at radius 2 is 1.65 bits per heavy atom. The van der Waals surface area contributed by atoms with Gasteiger partial charge in [0.25, 0.3) is 21.7 Å². The van der Waals surface area contributed by atoms with Crippen molar-refractivity contribution in [3.8, 4) is 5.75 Å². The first kappa shape index (κ1) is 28.5. The number of urea groups is 1. The molecule has 0 bridgehead atoms. The number of nitrogens with zero attached hydrogens (tertiary/aromatic N) is 3. The van der Waals surface area contributed by atoms with Crippen LogP contribution in [-0.4, -0.2) is 54.3 Å². The number of benzene rings is 2. The van der Waals surface area contributed by atoms with E-state index in [2.05, 4.69) is 10.3 Å². The number of hydrogen-bond donors (Lipinski definition) is 1. The molecule has 0 atom stereocenters. The van der Waals surface area contributed by atoms with Crippen molar-refractivity contribution in [1.82, 2.24) is 9.88 Å². The highest BCUT2D eigenvalue weighted by molar-refractivity contribution is 7.92. The summed E-state index contributed by atoms with van der Waals surface area (Å²) in [5.41, 5.74) is -5.91. The summed E-state index contributed by atoms with van der Waals surface area (Å²) in [7, 11) is -4.10. The smallest absolute Gasteiger partial charge is 0.497 e. The maximum atomic E-state index is 13.4. The molecule has 40 heavy (non-hydrogen) atoms. The van der Waals surface area contributed by atoms with Crippen LogP contribution in [0, 0.1) is 0 Å². The molecule has 1 saturated heterocycles. The van der Waals surface area contributed by atoms with Crippen LogP contribution in [0.5, 0.6) is 5.75 Å². The molecular formula is C26H23F3N4O6S. The molecule has 1 aromatic heterocycles. The van der Waals surface area contributed by atoms with Crippen LogP contribution in [0.1, 0.15) is 29.8 Å². The molecule has 1 aliphatic heterocycles. The highest BCUT2D eigenvalue weighted by Gasteiger charge is 2.52. The number of carbonyl (C=O) groups is 3. The second kappa shape index (κ2) is 10.3. The van der Waals surface area contributed by atoms with E-state index in [1.807, 2.05) is 0 Å². The Bertz CT molecular complexity index is 1570. The van der Waals surface area contributed by atoms with Crippen molar-refractivity contribution in [2.75, 3.05) is 17.3 Å². The van der Waals surface area contributed by atoms with Crippen molar-refractivity contribution in [3.63, 3.8) is 0 Å². The first-order chi connectivity index (χ1) is 18.7. The highest BCUT2D eigenvalue weighted by atomic mass is 32.2. The number of sulfone groups is 1. The maximum absolute atomic E-state index is 13.4. The minimum absolute atomic E-state index is 0.102. The van der Waals surface area contributed by atoms with E-state index in [-0.39, 0.29) is 12.2 Å². The van der Waals surface area contributed by atoms with Gasteiger partial charge in [0.15, 0.2) is 0 Å². The fraction of sp³-hybridized carbons (Fsp3) is 0.231. The van der Waals surface area contributed by atoms with Crippen LogP contribution in [0.15, 0.2) is 71.9 Å². The third-order valence-electron chi connectivity index (χ3n) is 6.37. The summed E-state index contributed by atoms with van der Waals surface area (Å²) >= 11 is 0. The molecule has 0 aliphatic carbocycles. The van der Waals surface area contributed by atoms with Crippen LogP contribution in [0.2, 0.25) is 0 Å². The highest BCUT2D eigenvalue weighted by Crippen LogP contribution is 2.36. The van der Waals surface area contributed by atoms with Gasteiger partial charge in [0.1, 0.15) is 11.3 Å². The number of anilines is 2. The number of pyridine rings is 1. The molecular weight excluding hydrogens is 553 g/mol. The van der Waals surface area contributed by atoms with Crippen molar-refractivity contribution >= 4 is 39.1 Å². The number of nitrogens with one attached hydrogen (secondary N) is 1. The lowest BCUT2D eigenvalue weighted by Crippen LogP contribution is -2.43. The van der Waals surface area contributed by atoms with E-state index in [0.717, 1.165) is 17.0 Å². The lowest BCUT2D eigenvalue weighted by molar-refractivity contribution is -0.123. The van der Waals surface area contributed by atoms with Gasteiger partial charge >= 0.3 is 11.5 Å². The van der Waals surface area contributed by atoms with Crippen LogP contribution in [-0.2, 0) is 21.2 Å². The predicted molar refractivity (Wildman–Crippen MR) is 137 cm³/mol. The molecule has 1 fully saturated rings. The van der Waals surface area contributed by atoms with E-state index < -0.39 is 43.6 Å². The number of alkyl halides is 3. The van der Waals surface area contributed by atoms with E-state index in [9.17, 15) is 36.0 Å². The van der Waals surface area contributed by atoms with Gasteiger partial charge in [-0.2, -0.15) is 13.2 Å². The van der Waals surface area contributed by atoms with Crippen LogP contribution < -0.4 is 15.0 Å². The van der Waals surface area contributed by atoms with Crippen LogP contribution in [0.4, 0.5) is 29.3 Å². The first-order valence-corrected chi connectivity index (χ1v) is 13.1. The zero-order chi connectivity index (χ0) is 29.5. The molecule has 2 heterocycles. The molecule has 4 rings (SSSR count). The summed E-state index contributed by atoms with van der Waals surface area (Å²) in [5.74, 6) is -0.559. The van der Waals surface area contributed by atoms with Crippen molar-refractivity contribution in [1.29, 1.82) is 0 Å². The quantitative estimate of drug-likeness (QED) is 0.414. The summed E-state index contributed by atoms with van der Waals surface area (Å²) in [5, 5.41) is 2.74. The largest absolute Gasteiger partial charge is 0.501 e. The Morgan fingerprint density at radius 1 is 1.02 bits per heavy atom. The van der Waals surface area contributed by atoms with E-state index in [1.54, 1.807) is 30.3 Å². The Kier molecular flexibility index (Phi) is 7.32. The standard InChI is InChI=1S/C26H23F3N4O6S/c1-25(2)23(35)33(18-6-10-20(11-7-18)40(37,38)26(27,28)29)24(36)32(25)15-17-12-13-30-14-21(17)31-22(34)16-4-8-19(39-3)9-5-16/h4-14H,15H2,1-3H3,(H,31,34). The second-order valence-corrected chi connectivity index (χ2v) is 11.2. The number of amides is 4. The fourth-order valence-corrected chi connectivity index (χ4v) is 4.78. The number of halogens is 3. The molecule has 0 spiro atoms. The second-order valence-electron chi connectivity index (χ2n) is 9.23. The molecule has 1 N–H and O–H groups in total. The average Bonchev–Trinajstić information content (AvgIpc) is 3.08. The number of aromatic nitrogens is 1. The Labute approximate surface area is 227 Å². The van der Waals surface area contributed by atoms with Crippen LogP contribution in [0.25, 0.3) is 0 Å². The Balaban J connectivity index is 1.59. The van der Waals surface area contributed by atoms with Crippen molar-refractivity contribution < 1.29 is 40.7 Å². The van der Waals surface area contributed by atoms with Gasteiger partial charge < -0.3 is 15.0 Å². The SMILES string of the molecule is COc1ccc(C(=O)Nc2cnccc2CN2C(=O)N(c3ccc(S(=O)(=O)C(F)(F)F)cc3)C(=O)C2(C)C)cc1. The van der Waals surface area contributed by atoms with Gasteiger partial charge in [-0.25, -0.2) is 18.1 Å². The Morgan fingerprint density at radius 3 is 2.23 bits per heavy atom. The van der Waals surface area contributed by atoms with Crippen LogP contribution in [0.3, 0.4) is 0 Å². The van der Waals surface area contributed by atoms with E-state index >= 15 is 0 Å². The van der Waals surface area contributed by atoms with Crippen molar-refractivity contribution in [2.45, 2.75) is 36.3 Å². The zero-order valence-electron chi connectivity index (χ0n) is 21.4. The first-order valence-electron chi connectivity index (χ1n) is 11.6. The van der Waals surface area contributed by atoms with Gasteiger partial charge in [0.05, 0.1) is 36.1 Å². The summed E-state index contributed by atoms with van der Waals surface area (Å²) in [6.07, 6.45) is 2.84. The lowest BCUT2D eigenvalue weighted by atomic mass is 10.0. The van der Waals surface area contributed by atoms with Gasteiger partial charge in [0.2, 0.25) is 0 Å². The molecule has 4 amide bonds. The number of rotatable bonds is 7. The maximum Gasteiger partial charge on any atom is 0.501 e. The number of methoxy groups -OCH3 is 1. The summed E-state index contributed by atoms with van der Waals surface area (Å²) < 4.78 is 67.1. The minimum Gasteiger partial charge on any atom is -0.497 e. The Hall–Kier alpha value is -4.46. The van der Waals surface area contributed by atoms with Crippen LogP contribution >= 0.6 is 0 Å². The zero-order valence-corrected chi connectivity index (χ0v) is 22.2. The molecule has 1 aliphatic rings. The molecule has 0 radical (unpaired) electrons. The summed E-state index contributed by atoms with van der Waals surface area (Å²) in [6.45, 7) is 2.86. The topological polar surface area (TPSA) is 126 Å². The van der Waals surface area contributed by atoms with Gasteiger partial charge in [-0.1, -0.05) is 0 Å². The van der Waals surface area contributed by atoms with E-state index in [1.165, 1.54) is 38.3 Å². The summed E-state index contributed by atoms with van der Waals surface area (Å²) in [4.78, 5) is 44.5. The third kappa shape index (κ3) is 5.09. The van der Waals surface area contributed by atoms with Gasteiger partial charge in [0, 0.05) is 11.8 Å². The lowest BCUT2D eigenvalue weighted by Gasteiger charge is -2.28. The predicted octanol–water partition coefficient (Wildman–Crippen LogP) is 4.38. The van der Waals surface area contributed by atoms with Gasteiger partial charge in [-0.05, 0) is 74.0 Å². The fourth-order valence-electron chi connectivity index (χ4n) is 4.02. The van der Waals surface area contributed by atoms with E-state index in [4.69, 9.17) is 4.74 Å². The molecule has 0 unspecified atom stereocenters. The van der Waals surface area contributed by atoms with E-state index in [0.29, 0.717) is 34.7 Å². The minimum atomic E-state index is -5.60. The van der Waals surface area contributed by atoms with Gasteiger partial charge in [-0.3, -0.25) is 14.6 Å². The summed E-state index contributed by atoms with van der Waals surface area (Å²) in [6, 6.07) is 10.4. The number of carbonyl (C=O) groups excluding carboxylic acids is 3. The molecule has 3 aromatic rings. The third-order valence-corrected chi connectivity index (χ3v) is 7.88. The molecule has 10 nitrogen and oxygen atoms in total. The number of imide groups is 1. The number of ether oxygens (including phenoxy) is 1.